The maximum Gasteiger partial charge on any atom is 0.337 e. The number of benzene rings is 2. The lowest BCUT2D eigenvalue weighted by molar-refractivity contribution is -0.0221. The highest BCUT2D eigenvalue weighted by Crippen LogP contribution is 2.33. The minimum Gasteiger partial charge on any atom is -0.478 e. The van der Waals surface area contributed by atoms with Gasteiger partial charge in [0.1, 0.15) is 11.6 Å². The summed E-state index contributed by atoms with van der Waals surface area (Å²) >= 11 is 0. The quantitative estimate of drug-likeness (QED) is 0.500. The Kier molecular flexibility index (Phi) is 5.85. The van der Waals surface area contributed by atoms with Gasteiger partial charge < -0.3 is 15.3 Å². The summed E-state index contributed by atoms with van der Waals surface area (Å²) in [7, 11) is 0. The van der Waals surface area contributed by atoms with E-state index in [1.165, 1.54) is 18.2 Å². The Bertz CT molecular complexity index is 1220. The highest BCUT2D eigenvalue weighted by Gasteiger charge is 2.35. The van der Waals surface area contributed by atoms with Gasteiger partial charge in [0.2, 0.25) is 0 Å². The molecule has 0 saturated carbocycles. The summed E-state index contributed by atoms with van der Waals surface area (Å²) in [5, 5.41) is 12.4. The molecule has 0 unspecified atom stereocenters. The van der Waals surface area contributed by atoms with Crippen LogP contribution in [-0.4, -0.2) is 40.1 Å². The zero-order chi connectivity index (χ0) is 23.9. The van der Waals surface area contributed by atoms with Gasteiger partial charge in [-0.15, -0.1) is 0 Å². The number of aromatic carboxylic acids is 1. The number of carboxylic acid groups (broad SMARTS) is 1. The van der Waals surface area contributed by atoms with Crippen LogP contribution in [0.2, 0.25) is 0 Å². The van der Waals surface area contributed by atoms with Crippen LogP contribution in [0, 0.1) is 18.6 Å². The largest absolute Gasteiger partial charge is 0.478 e. The lowest BCUT2D eigenvalue weighted by Crippen LogP contribution is -2.40. The molecular weight excluding hydrogens is 440 g/mol. The van der Waals surface area contributed by atoms with Gasteiger partial charge in [-0.1, -0.05) is 0 Å². The maximum atomic E-state index is 14.4. The number of piperidine rings is 1. The molecule has 2 heterocycles. The lowest BCUT2D eigenvalue weighted by Gasteiger charge is -2.33. The van der Waals surface area contributed by atoms with E-state index in [0.717, 1.165) is 12.1 Å². The van der Waals surface area contributed by atoms with Crippen molar-refractivity contribution >= 4 is 28.5 Å². The van der Waals surface area contributed by atoms with E-state index in [2.05, 4.69) is 15.3 Å². The molecule has 4 rings (SSSR count). The molecule has 10 heteroatoms. The molecular formula is C23H22F4N4O2. The molecule has 33 heavy (non-hydrogen) atoms. The van der Waals surface area contributed by atoms with Crippen LogP contribution in [-0.2, 0) is 0 Å². The maximum absolute atomic E-state index is 14.4. The van der Waals surface area contributed by atoms with Crippen LogP contribution in [0.15, 0.2) is 30.3 Å². The number of rotatable bonds is 5. The summed E-state index contributed by atoms with van der Waals surface area (Å²) in [5.74, 6) is -4.82. The highest BCUT2D eigenvalue weighted by molar-refractivity contribution is 5.94. The summed E-state index contributed by atoms with van der Waals surface area (Å²) in [5.41, 5.74) is 1.46. The molecule has 2 N–H and O–H groups in total. The van der Waals surface area contributed by atoms with Crippen LogP contribution in [0.4, 0.5) is 29.1 Å². The number of hydrogen-bond acceptors (Lipinski definition) is 5. The third kappa shape index (κ3) is 4.69. The Morgan fingerprint density at radius 2 is 1.82 bits per heavy atom. The summed E-state index contributed by atoms with van der Waals surface area (Å²) in [6, 6.07) is 5.20. The van der Waals surface area contributed by atoms with E-state index in [1.807, 2.05) is 0 Å². The molecule has 0 bridgehead atoms. The summed E-state index contributed by atoms with van der Waals surface area (Å²) < 4.78 is 55.1. The van der Waals surface area contributed by atoms with Crippen molar-refractivity contribution in [3.8, 4) is 0 Å². The molecule has 1 aliphatic rings. The first kappa shape index (κ1) is 22.8. The molecule has 0 radical (unpaired) electrons. The fraction of sp³-hybridized carbons (Fsp3) is 0.348. The van der Waals surface area contributed by atoms with Crippen LogP contribution in [0.25, 0.3) is 11.0 Å². The molecule has 1 aliphatic heterocycles. The second kappa shape index (κ2) is 8.49. The van der Waals surface area contributed by atoms with Crippen LogP contribution in [0.5, 0.6) is 0 Å². The van der Waals surface area contributed by atoms with Gasteiger partial charge in [0, 0.05) is 43.2 Å². The predicted molar refractivity (Wildman–Crippen MR) is 116 cm³/mol. The van der Waals surface area contributed by atoms with Gasteiger partial charge in [-0.25, -0.2) is 32.3 Å². The van der Waals surface area contributed by atoms with Gasteiger partial charge in [-0.05, 0) is 38.1 Å². The number of anilines is 2. The Labute approximate surface area is 187 Å². The number of carbonyl (C=O) groups is 1. The van der Waals surface area contributed by atoms with E-state index in [4.69, 9.17) is 0 Å². The van der Waals surface area contributed by atoms with E-state index < -0.39 is 29.6 Å². The monoisotopic (exact) mass is 462 g/mol. The zero-order valence-corrected chi connectivity index (χ0v) is 18.0. The number of aromatic nitrogens is 2. The standard InChI is InChI=1S/C23H22F4N4O2/c1-12(28-18-4-3-14(24)9-17(18)22(32)33)16-10-15(25)11-19-20(16)30-21(13(2)29-19)31-7-5-23(26,27)6-8-31/h3-4,9-12,28H,5-8H2,1-2H3,(H,32,33)/t12-/m1/s1. The third-order valence-electron chi connectivity index (χ3n) is 5.76. The molecule has 1 aromatic heterocycles. The summed E-state index contributed by atoms with van der Waals surface area (Å²) in [6.45, 7) is 3.62. The lowest BCUT2D eigenvalue weighted by atomic mass is 10.0. The number of hydrogen-bond donors (Lipinski definition) is 2. The number of fused-ring (bicyclic) bond motifs is 1. The number of alkyl halides is 2. The Morgan fingerprint density at radius 1 is 1.12 bits per heavy atom. The van der Waals surface area contributed by atoms with Gasteiger partial charge in [-0.3, -0.25) is 0 Å². The minimum atomic E-state index is -2.71. The molecule has 6 nitrogen and oxygen atoms in total. The smallest absolute Gasteiger partial charge is 0.337 e. The molecule has 1 atom stereocenters. The van der Waals surface area contributed by atoms with Crippen molar-refractivity contribution in [1.29, 1.82) is 0 Å². The first-order valence-corrected chi connectivity index (χ1v) is 10.4. The first-order valence-electron chi connectivity index (χ1n) is 10.4. The third-order valence-corrected chi connectivity index (χ3v) is 5.76. The Morgan fingerprint density at radius 3 is 2.48 bits per heavy atom. The van der Waals surface area contributed by atoms with Crippen LogP contribution in [0.3, 0.4) is 0 Å². The van der Waals surface area contributed by atoms with Crippen molar-refractivity contribution < 1.29 is 27.5 Å². The SMILES string of the molecule is Cc1nc2cc(F)cc([C@@H](C)Nc3ccc(F)cc3C(=O)O)c2nc1N1CCC(F)(F)CC1. The number of nitrogens with one attached hydrogen (secondary N) is 1. The van der Waals surface area contributed by atoms with Gasteiger partial charge in [0.25, 0.3) is 5.92 Å². The minimum absolute atomic E-state index is 0.121. The number of aryl methyl sites for hydroxylation is 1. The van der Waals surface area contributed by atoms with Gasteiger partial charge in [0.15, 0.2) is 5.82 Å². The second-order valence-electron chi connectivity index (χ2n) is 8.20. The fourth-order valence-electron chi connectivity index (χ4n) is 4.04. The van der Waals surface area contributed by atoms with Crippen molar-refractivity contribution in [2.45, 2.75) is 38.7 Å². The Balaban J connectivity index is 1.74. The molecule has 1 fully saturated rings. The van der Waals surface area contributed by atoms with Crippen molar-refractivity contribution in [1.82, 2.24) is 9.97 Å². The molecule has 3 aromatic rings. The van der Waals surface area contributed by atoms with Crippen LogP contribution >= 0.6 is 0 Å². The normalized spacial score (nSPS) is 16.6. The molecule has 2 aromatic carbocycles. The van der Waals surface area contributed by atoms with Crippen molar-refractivity contribution in [2.24, 2.45) is 0 Å². The highest BCUT2D eigenvalue weighted by atomic mass is 19.3. The van der Waals surface area contributed by atoms with Gasteiger partial charge in [-0.2, -0.15) is 0 Å². The average Bonchev–Trinajstić information content (AvgIpc) is 2.74. The summed E-state index contributed by atoms with van der Waals surface area (Å²) in [6.07, 6.45) is -0.578. The van der Waals surface area contributed by atoms with Crippen LogP contribution in [0.1, 0.15) is 47.4 Å². The number of nitrogens with zero attached hydrogens (tertiary/aromatic N) is 3. The van der Waals surface area contributed by atoms with E-state index in [-0.39, 0.29) is 37.2 Å². The number of carboxylic acids is 1. The molecule has 0 amide bonds. The topological polar surface area (TPSA) is 78.3 Å². The van der Waals surface area contributed by atoms with Gasteiger partial charge >= 0.3 is 5.97 Å². The molecule has 174 valence electrons. The van der Waals surface area contributed by atoms with Crippen molar-refractivity contribution in [3.63, 3.8) is 0 Å². The second-order valence-corrected chi connectivity index (χ2v) is 8.20. The van der Waals surface area contributed by atoms with Crippen LogP contribution < -0.4 is 10.2 Å². The summed E-state index contributed by atoms with van der Waals surface area (Å²) in [4.78, 5) is 22.4. The van der Waals surface area contributed by atoms with Gasteiger partial charge in [0.05, 0.1) is 28.3 Å². The Hall–Kier alpha value is -3.43. The molecule has 0 spiro atoms. The van der Waals surface area contributed by atoms with E-state index in [1.54, 1.807) is 18.7 Å². The first-order chi connectivity index (χ1) is 15.5. The predicted octanol–water partition coefficient (Wildman–Crippen LogP) is 5.32. The molecule has 0 aliphatic carbocycles. The molecule has 1 saturated heterocycles. The van der Waals surface area contributed by atoms with Crippen molar-refractivity contribution in [3.05, 3.63) is 58.8 Å². The van der Waals surface area contributed by atoms with E-state index in [9.17, 15) is 27.5 Å². The van der Waals surface area contributed by atoms with Crippen molar-refractivity contribution in [2.75, 3.05) is 23.3 Å². The van der Waals surface area contributed by atoms with E-state index in [0.29, 0.717) is 28.1 Å². The fourth-order valence-corrected chi connectivity index (χ4v) is 4.04. The average molecular weight is 462 g/mol. The zero-order valence-electron chi connectivity index (χ0n) is 18.0. The number of halogens is 4. The van der Waals surface area contributed by atoms with E-state index >= 15 is 0 Å².